The summed E-state index contributed by atoms with van der Waals surface area (Å²) in [4.78, 5) is 14.7. The number of hydrogen-bond donors (Lipinski definition) is 3. The predicted molar refractivity (Wildman–Crippen MR) is 83.3 cm³/mol. The first-order valence-electron chi connectivity index (χ1n) is 6.08. The fourth-order valence-electron chi connectivity index (χ4n) is 2.15. The Bertz CT molecular complexity index is 377. The number of halogens is 2. The van der Waals surface area contributed by atoms with Crippen LogP contribution in [0.5, 0.6) is 0 Å². The van der Waals surface area contributed by atoms with E-state index in [1.54, 1.807) is 0 Å². The number of H-pyrrole nitrogens is 1. The lowest BCUT2D eigenvalue weighted by atomic mass is 9.96. The van der Waals surface area contributed by atoms with E-state index in [0.717, 1.165) is 29.6 Å². The van der Waals surface area contributed by atoms with E-state index in [1.165, 1.54) is 12.8 Å². The van der Waals surface area contributed by atoms with E-state index in [2.05, 4.69) is 38.2 Å². The number of piperidine rings is 1. The molecule has 4 nitrogen and oxygen atoms in total. The molecule has 0 spiro atoms. The average Bonchev–Trinajstić information content (AvgIpc) is 2.77. The molecule has 2 rings (SSSR count). The SMILES string of the molecule is Cl.O=C(NCCC1CCCNC1)c1cc(I)c[nH]1. The summed E-state index contributed by atoms with van der Waals surface area (Å²) in [6.07, 6.45) is 5.44. The topological polar surface area (TPSA) is 56.9 Å². The molecule has 18 heavy (non-hydrogen) atoms. The number of aromatic nitrogens is 1. The van der Waals surface area contributed by atoms with Gasteiger partial charge in [-0.25, -0.2) is 0 Å². The first kappa shape index (κ1) is 15.8. The van der Waals surface area contributed by atoms with Gasteiger partial charge in [0.2, 0.25) is 0 Å². The molecule has 6 heteroatoms. The Balaban J connectivity index is 0.00000162. The van der Waals surface area contributed by atoms with Gasteiger partial charge >= 0.3 is 0 Å². The zero-order chi connectivity index (χ0) is 12.1. The van der Waals surface area contributed by atoms with Crippen molar-refractivity contribution >= 4 is 40.9 Å². The van der Waals surface area contributed by atoms with E-state index in [9.17, 15) is 4.79 Å². The summed E-state index contributed by atoms with van der Waals surface area (Å²) in [5.41, 5.74) is 0.649. The van der Waals surface area contributed by atoms with Crippen LogP contribution in [0.1, 0.15) is 29.8 Å². The van der Waals surface area contributed by atoms with E-state index in [4.69, 9.17) is 0 Å². The van der Waals surface area contributed by atoms with Crippen LogP contribution in [-0.4, -0.2) is 30.5 Å². The summed E-state index contributed by atoms with van der Waals surface area (Å²) in [7, 11) is 0. The molecule has 1 aromatic rings. The number of amides is 1. The highest BCUT2D eigenvalue weighted by Crippen LogP contribution is 2.13. The Morgan fingerprint density at radius 2 is 2.39 bits per heavy atom. The zero-order valence-corrected chi connectivity index (χ0v) is 13.1. The van der Waals surface area contributed by atoms with Crippen molar-refractivity contribution in [3.8, 4) is 0 Å². The lowest BCUT2D eigenvalue weighted by Gasteiger charge is -2.22. The van der Waals surface area contributed by atoms with Gasteiger partial charge in [-0.3, -0.25) is 4.79 Å². The van der Waals surface area contributed by atoms with E-state index in [-0.39, 0.29) is 18.3 Å². The fraction of sp³-hybridized carbons (Fsp3) is 0.583. The maximum atomic E-state index is 11.7. The zero-order valence-electron chi connectivity index (χ0n) is 10.2. The second-order valence-corrected chi connectivity index (χ2v) is 5.73. The highest BCUT2D eigenvalue weighted by atomic mass is 127. The van der Waals surface area contributed by atoms with Gasteiger partial charge < -0.3 is 15.6 Å². The van der Waals surface area contributed by atoms with Crippen molar-refractivity contribution in [2.24, 2.45) is 5.92 Å². The second-order valence-electron chi connectivity index (χ2n) is 4.49. The summed E-state index contributed by atoms with van der Waals surface area (Å²) in [6.45, 7) is 3.00. The Morgan fingerprint density at radius 1 is 1.56 bits per heavy atom. The molecule has 102 valence electrons. The summed E-state index contributed by atoms with van der Waals surface area (Å²) >= 11 is 2.19. The van der Waals surface area contributed by atoms with E-state index in [1.807, 2.05) is 12.3 Å². The molecule has 0 radical (unpaired) electrons. The second kappa shape index (κ2) is 8.01. The van der Waals surface area contributed by atoms with Crippen LogP contribution in [0, 0.1) is 9.49 Å². The molecule has 1 aromatic heterocycles. The molecule has 1 saturated heterocycles. The minimum atomic E-state index is -0.00307. The van der Waals surface area contributed by atoms with Gasteiger partial charge in [0.05, 0.1) is 0 Å². The Kier molecular flexibility index (Phi) is 7.03. The number of aromatic amines is 1. The van der Waals surface area contributed by atoms with E-state index < -0.39 is 0 Å². The van der Waals surface area contributed by atoms with Crippen molar-refractivity contribution < 1.29 is 4.79 Å². The molecular formula is C12H19ClIN3O. The Morgan fingerprint density at radius 3 is 3.00 bits per heavy atom. The number of nitrogens with one attached hydrogen (secondary N) is 3. The smallest absolute Gasteiger partial charge is 0.267 e. The van der Waals surface area contributed by atoms with Crippen molar-refractivity contribution in [1.29, 1.82) is 0 Å². The molecule has 3 N–H and O–H groups in total. The lowest BCUT2D eigenvalue weighted by molar-refractivity contribution is 0.0946. The first-order chi connectivity index (χ1) is 8.25. The molecule has 1 atom stereocenters. The van der Waals surface area contributed by atoms with Crippen molar-refractivity contribution in [2.75, 3.05) is 19.6 Å². The monoisotopic (exact) mass is 383 g/mol. The Hall–Kier alpha value is -0.270. The third-order valence-electron chi connectivity index (χ3n) is 3.13. The van der Waals surface area contributed by atoms with Gasteiger partial charge in [0.15, 0.2) is 0 Å². The molecule has 0 aliphatic carbocycles. The standard InChI is InChI=1S/C12H18IN3O.ClH/c13-10-6-11(16-8-10)12(17)15-5-3-9-2-1-4-14-7-9;/h6,8-9,14,16H,1-5,7H2,(H,15,17);1H. The quantitative estimate of drug-likeness (QED) is 0.698. The number of rotatable bonds is 4. The first-order valence-corrected chi connectivity index (χ1v) is 7.16. The van der Waals surface area contributed by atoms with Crippen LogP contribution in [0.2, 0.25) is 0 Å². The van der Waals surface area contributed by atoms with Gasteiger partial charge in [0.25, 0.3) is 5.91 Å². The predicted octanol–water partition coefficient (Wildman–Crippen LogP) is 2.16. The van der Waals surface area contributed by atoms with Crippen LogP contribution in [-0.2, 0) is 0 Å². The normalized spacial score (nSPS) is 19.1. The van der Waals surface area contributed by atoms with E-state index >= 15 is 0 Å². The van der Waals surface area contributed by atoms with Gasteiger partial charge in [-0.2, -0.15) is 0 Å². The maximum Gasteiger partial charge on any atom is 0.267 e. The van der Waals surface area contributed by atoms with Crippen molar-refractivity contribution in [3.05, 3.63) is 21.5 Å². The minimum absolute atomic E-state index is 0. The van der Waals surface area contributed by atoms with Gasteiger partial charge in [0.1, 0.15) is 5.69 Å². The van der Waals surface area contributed by atoms with Gasteiger partial charge in [-0.1, -0.05) is 0 Å². The molecule has 1 amide bonds. The third kappa shape index (κ3) is 4.78. The molecule has 1 unspecified atom stereocenters. The van der Waals surface area contributed by atoms with Crippen LogP contribution in [0.15, 0.2) is 12.3 Å². The van der Waals surface area contributed by atoms with E-state index in [0.29, 0.717) is 11.6 Å². The Labute approximate surface area is 127 Å². The maximum absolute atomic E-state index is 11.7. The van der Waals surface area contributed by atoms with Crippen molar-refractivity contribution in [1.82, 2.24) is 15.6 Å². The van der Waals surface area contributed by atoms with Crippen LogP contribution >= 0.6 is 35.0 Å². The summed E-state index contributed by atoms with van der Waals surface area (Å²) in [5.74, 6) is 0.713. The van der Waals surface area contributed by atoms with Crippen molar-refractivity contribution in [3.63, 3.8) is 0 Å². The lowest BCUT2D eigenvalue weighted by Crippen LogP contribution is -2.33. The van der Waals surface area contributed by atoms with Crippen LogP contribution in [0.3, 0.4) is 0 Å². The molecule has 1 aliphatic rings. The third-order valence-corrected chi connectivity index (χ3v) is 3.75. The molecule has 0 saturated carbocycles. The summed E-state index contributed by atoms with van der Waals surface area (Å²) in [5, 5.41) is 6.35. The number of hydrogen-bond acceptors (Lipinski definition) is 2. The highest BCUT2D eigenvalue weighted by Gasteiger charge is 2.13. The molecule has 1 fully saturated rings. The van der Waals surface area contributed by atoms with Gasteiger partial charge in [-0.15, -0.1) is 12.4 Å². The van der Waals surface area contributed by atoms with Gasteiger partial charge in [-0.05, 0) is 66.9 Å². The molecular weight excluding hydrogens is 365 g/mol. The number of carbonyl (C=O) groups excluding carboxylic acids is 1. The van der Waals surface area contributed by atoms with Crippen molar-refractivity contribution in [2.45, 2.75) is 19.3 Å². The molecule has 0 aromatic carbocycles. The molecule has 1 aliphatic heterocycles. The largest absolute Gasteiger partial charge is 0.356 e. The van der Waals surface area contributed by atoms with Crippen LogP contribution in [0.25, 0.3) is 0 Å². The average molecular weight is 384 g/mol. The number of carbonyl (C=O) groups is 1. The van der Waals surface area contributed by atoms with Crippen LogP contribution < -0.4 is 10.6 Å². The fourth-order valence-corrected chi connectivity index (χ4v) is 2.62. The minimum Gasteiger partial charge on any atom is -0.356 e. The summed E-state index contributed by atoms with van der Waals surface area (Å²) in [6, 6.07) is 1.86. The molecule has 0 bridgehead atoms. The summed E-state index contributed by atoms with van der Waals surface area (Å²) < 4.78 is 1.06. The van der Waals surface area contributed by atoms with Gasteiger partial charge in [0, 0.05) is 16.3 Å². The van der Waals surface area contributed by atoms with Crippen LogP contribution in [0.4, 0.5) is 0 Å². The highest BCUT2D eigenvalue weighted by molar-refractivity contribution is 14.1. The molecule has 2 heterocycles.